The Balaban J connectivity index is 2.39. The Hall–Kier alpha value is -1.33. The van der Waals surface area contributed by atoms with Crippen molar-refractivity contribution >= 4 is 5.91 Å². The van der Waals surface area contributed by atoms with Crippen molar-refractivity contribution in [2.24, 2.45) is 0 Å². The van der Waals surface area contributed by atoms with Crippen LogP contribution in [0.3, 0.4) is 0 Å². The third-order valence-corrected chi connectivity index (χ3v) is 10.0. The fourth-order valence-electron chi connectivity index (χ4n) is 6.61. The summed E-state index contributed by atoms with van der Waals surface area (Å²) in [5, 5.41) is 54.2. The summed E-state index contributed by atoms with van der Waals surface area (Å²) >= 11 is 0. The van der Waals surface area contributed by atoms with Gasteiger partial charge in [-0.1, -0.05) is 160 Å². The highest BCUT2D eigenvalue weighted by atomic mass is 16.7. The van der Waals surface area contributed by atoms with E-state index in [1.165, 1.54) is 83.5 Å². The molecular weight excluding hydrogens is 646 g/mol. The first kappa shape index (κ1) is 47.7. The third-order valence-electron chi connectivity index (χ3n) is 10.0. The summed E-state index contributed by atoms with van der Waals surface area (Å²) in [7, 11) is 0. The van der Waals surface area contributed by atoms with Crippen LogP contribution in [0.2, 0.25) is 0 Å². The second kappa shape index (κ2) is 33.3. The van der Waals surface area contributed by atoms with Crippen LogP contribution < -0.4 is 5.32 Å². The van der Waals surface area contributed by atoms with Gasteiger partial charge in [0.2, 0.25) is 5.91 Å². The second-order valence-electron chi connectivity index (χ2n) is 14.8. The monoisotopic (exact) mass is 726 g/mol. The minimum atomic E-state index is -1.55. The maximum Gasteiger partial charge on any atom is 0.220 e. The van der Waals surface area contributed by atoms with Gasteiger partial charge in [0.05, 0.1) is 25.4 Å². The first-order chi connectivity index (χ1) is 24.8. The van der Waals surface area contributed by atoms with Crippen molar-refractivity contribution in [3.8, 4) is 0 Å². The maximum atomic E-state index is 12.9. The number of aliphatic hydroxyl groups is 5. The number of unbranched alkanes of at least 4 members (excludes halogenated alkanes) is 20. The molecular formula is C42H79NO8. The molecule has 0 radical (unpaired) electrons. The Bertz CT molecular complexity index is 853. The van der Waals surface area contributed by atoms with Gasteiger partial charge in [-0.25, -0.2) is 0 Å². The smallest absolute Gasteiger partial charge is 0.220 e. The van der Waals surface area contributed by atoms with E-state index in [2.05, 4.69) is 43.5 Å². The molecule has 7 atom stereocenters. The summed E-state index contributed by atoms with van der Waals surface area (Å²) in [6.07, 6.45) is 30.3. The maximum absolute atomic E-state index is 12.9. The van der Waals surface area contributed by atoms with Gasteiger partial charge < -0.3 is 40.3 Å². The first-order valence-corrected chi connectivity index (χ1v) is 21.0. The molecule has 6 N–H and O–H groups in total. The second-order valence-corrected chi connectivity index (χ2v) is 14.8. The average Bonchev–Trinajstić information content (AvgIpc) is 3.13. The van der Waals surface area contributed by atoms with E-state index < -0.39 is 49.5 Å². The van der Waals surface area contributed by atoms with Crippen LogP contribution in [0.4, 0.5) is 0 Å². The number of hydrogen-bond acceptors (Lipinski definition) is 8. The van der Waals surface area contributed by atoms with Crippen LogP contribution in [0.1, 0.15) is 181 Å². The summed E-state index contributed by atoms with van der Waals surface area (Å²) in [6, 6.07) is -0.722. The highest BCUT2D eigenvalue weighted by Crippen LogP contribution is 2.23. The van der Waals surface area contributed by atoms with Gasteiger partial charge >= 0.3 is 0 Å². The fourth-order valence-corrected chi connectivity index (χ4v) is 6.61. The van der Waals surface area contributed by atoms with Gasteiger partial charge in [0.25, 0.3) is 0 Å². The zero-order valence-corrected chi connectivity index (χ0v) is 32.6. The number of nitrogens with one attached hydrogen (secondary N) is 1. The molecule has 9 nitrogen and oxygen atoms in total. The zero-order chi connectivity index (χ0) is 37.4. The first-order valence-electron chi connectivity index (χ1n) is 21.0. The highest BCUT2D eigenvalue weighted by molar-refractivity contribution is 5.76. The minimum absolute atomic E-state index is 0.143. The molecule has 0 saturated carbocycles. The summed E-state index contributed by atoms with van der Waals surface area (Å²) < 4.78 is 11.2. The van der Waals surface area contributed by atoms with Crippen LogP contribution in [0, 0.1) is 0 Å². The molecule has 51 heavy (non-hydrogen) atoms. The van der Waals surface area contributed by atoms with E-state index in [-0.39, 0.29) is 12.5 Å². The van der Waals surface area contributed by atoms with Gasteiger partial charge in [-0.2, -0.15) is 0 Å². The van der Waals surface area contributed by atoms with Crippen molar-refractivity contribution in [1.82, 2.24) is 5.32 Å². The lowest BCUT2D eigenvalue weighted by atomic mass is 9.99. The third kappa shape index (κ3) is 24.6. The molecule has 1 aliphatic heterocycles. The Morgan fingerprint density at radius 3 is 1.76 bits per heavy atom. The average molecular weight is 726 g/mol. The minimum Gasteiger partial charge on any atom is -0.394 e. The number of ether oxygens (including phenoxy) is 2. The van der Waals surface area contributed by atoms with Gasteiger partial charge in [0.1, 0.15) is 24.4 Å². The van der Waals surface area contributed by atoms with E-state index in [1.807, 2.05) is 0 Å². The largest absolute Gasteiger partial charge is 0.394 e. The van der Waals surface area contributed by atoms with E-state index in [0.717, 1.165) is 70.6 Å². The molecule has 7 unspecified atom stereocenters. The molecule has 300 valence electrons. The molecule has 0 spiro atoms. The van der Waals surface area contributed by atoms with Crippen LogP contribution in [0.5, 0.6) is 0 Å². The van der Waals surface area contributed by atoms with Crippen molar-refractivity contribution in [1.29, 1.82) is 0 Å². The van der Waals surface area contributed by atoms with E-state index >= 15 is 0 Å². The van der Waals surface area contributed by atoms with Gasteiger partial charge in [-0.05, 0) is 38.5 Å². The molecule has 0 aromatic carbocycles. The Labute approximate surface area is 311 Å². The molecule has 1 amide bonds. The molecule has 0 aromatic heterocycles. The molecule has 1 fully saturated rings. The van der Waals surface area contributed by atoms with Gasteiger partial charge in [0.15, 0.2) is 6.29 Å². The van der Waals surface area contributed by atoms with Crippen molar-refractivity contribution in [2.75, 3.05) is 13.2 Å². The fraction of sp³-hybridized carbons (Fsp3) is 0.881. The molecule has 0 aliphatic carbocycles. The van der Waals surface area contributed by atoms with E-state index in [4.69, 9.17) is 9.47 Å². The van der Waals surface area contributed by atoms with E-state index in [9.17, 15) is 30.3 Å². The Morgan fingerprint density at radius 2 is 1.20 bits per heavy atom. The van der Waals surface area contributed by atoms with Crippen LogP contribution in [-0.4, -0.2) is 87.5 Å². The number of carbonyl (C=O) groups excluding carboxylic acids is 1. The summed E-state index contributed by atoms with van der Waals surface area (Å²) in [5.74, 6) is -0.160. The van der Waals surface area contributed by atoms with Crippen molar-refractivity contribution < 1.29 is 39.8 Å². The predicted octanol–water partition coefficient (Wildman–Crippen LogP) is 7.94. The number of rotatable bonds is 34. The summed E-state index contributed by atoms with van der Waals surface area (Å²) in [5.41, 5.74) is 0. The van der Waals surface area contributed by atoms with Gasteiger partial charge in [0, 0.05) is 6.42 Å². The van der Waals surface area contributed by atoms with Crippen molar-refractivity contribution in [3.05, 3.63) is 24.3 Å². The van der Waals surface area contributed by atoms with Gasteiger partial charge in [-0.15, -0.1) is 0 Å². The molecule has 1 heterocycles. The zero-order valence-electron chi connectivity index (χ0n) is 32.6. The van der Waals surface area contributed by atoms with Gasteiger partial charge in [-0.3, -0.25) is 4.79 Å². The number of amides is 1. The normalized spacial score (nSPS) is 22.2. The lowest BCUT2D eigenvalue weighted by Gasteiger charge is -2.40. The summed E-state index contributed by atoms with van der Waals surface area (Å²) in [4.78, 5) is 12.9. The number of allylic oxidation sites excluding steroid dienone is 4. The number of aliphatic hydroxyl groups excluding tert-OH is 5. The van der Waals surface area contributed by atoms with Crippen LogP contribution in [0.15, 0.2) is 24.3 Å². The lowest BCUT2D eigenvalue weighted by molar-refractivity contribution is -0.302. The topological polar surface area (TPSA) is 149 Å². The molecule has 0 aromatic rings. The molecule has 9 heteroatoms. The highest BCUT2D eigenvalue weighted by Gasteiger charge is 2.44. The molecule has 0 bridgehead atoms. The Kier molecular flexibility index (Phi) is 31.1. The number of carbonyl (C=O) groups is 1. The van der Waals surface area contributed by atoms with Crippen LogP contribution in [0.25, 0.3) is 0 Å². The molecule has 1 saturated heterocycles. The van der Waals surface area contributed by atoms with Crippen LogP contribution >= 0.6 is 0 Å². The van der Waals surface area contributed by atoms with E-state index in [0.29, 0.717) is 12.8 Å². The van der Waals surface area contributed by atoms with Crippen LogP contribution in [-0.2, 0) is 14.3 Å². The van der Waals surface area contributed by atoms with Crippen molar-refractivity contribution in [3.63, 3.8) is 0 Å². The predicted molar refractivity (Wildman–Crippen MR) is 207 cm³/mol. The Morgan fingerprint density at radius 1 is 0.667 bits per heavy atom. The number of hydrogen-bond donors (Lipinski definition) is 6. The standard InChI is InChI=1S/C42H79NO8/c1-3-5-7-9-11-13-15-17-18-20-21-23-25-27-29-31-36(45)35(34-50-42-41(49)40(48)39(47)37(33-44)51-42)43-38(46)32-30-28-26-24-22-19-16-14-12-10-8-6-4-2/h8,10,14,16,35-37,39-42,44-45,47-49H,3-7,9,11-13,15,17-34H2,1-2H3,(H,43,46)/b10-8-,16-14-. The molecule has 1 aliphatic rings. The lowest BCUT2D eigenvalue weighted by Crippen LogP contribution is -2.60. The van der Waals surface area contributed by atoms with Crippen molar-refractivity contribution in [2.45, 2.75) is 224 Å². The quantitative estimate of drug-likeness (QED) is 0.0289. The summed E-state index contributed by atoms with van der Waals surface area (Å²) in [6.45, 7) is 3.75. The molecule has 1 rings (SSSR count). The SMILES string of the molecule is CCC/C=C\C/C=C\CCCCCCCC(=O)NC(COC1OC(CO)C(O)C(O)C1O)C(O)CCCCCCCCCCCCCCCCC. The van der Waals surface area contributed by atoms with E-state index in [1.54, 1.807) is 0 Å².